The van der Waals surface area contributed by atoms with Crippen molar-refractivity contribution in [3.8, 4) is 0 Å². The van der Waals surface area contributed by atoms with E-state index >= 15 is 0 Å². The van der Waals surface area contributed by atoms with Crippen LogP contribution in [0.25, 0.3) is 10.2 Å². The fraction of sp³-hybridized carbons (Fsp3) is 0.250. The van der Waals surface area contributed by atoms with Crippen LogP contribution in [0.2, 0.25) is 0 Å². The highest BCUT2D eigenvalue weighted by Crippen LogP contribution is 2.30. The normalized spacial score (nSPS) is 14.6. The summed E-state index contributed by atoms with van der Waals surface area (Å²) < 4.78 is 14.2. The number of nitrogens with zero attached hydrogens (tertiary/aromatic N) is 3. The van der Waals surface area contributed by atoms with Crippen molar-refractivity contribution < 1.29 is 14.0 Å². The van der Waals surface area contributed by atoms with Crippen LogP contribution in [0.1, 0.15) is 27.6 Å². The minimum atomic E-state index is -0.260. The smallest absolute Gasteiger partial charge is 0.253 e. The number of ketones is 1. The minimum Gasteiger partial charge on any atom is -0.345 e. The largest absolute Gasteiger partial charge is 0.345 e. The van der Waals surface area contributed by atoms with Gasteiger partial charge in [-0.25, -0.2) is 9.37 Å². The van der Waals surface area contributed by atoms with Gasteiger partial charge in [0.05, 0.1) is 10.2 Å². The molecule has 1 amide bonds. The molecule has 138 valence electrons. The first kappa shape index (κ1) is 17.6. The Kier molecular flexibility index (Phi) is 4.61. The molecule has 5 nitrogen and oxygen atoms in total. The number of carbonyl (C=O) groups excluding carboxylic acids is 2. The van der Waals surface area contributed by atoms with Crippen molar-refractivity contribution in [2.24, 2.45) is 0 Å². The molecular weight excluding hydrogens is 365 g/mol. The highest BCUT2D eigenvalue weighted by atomic mass is 32.1. The lowest BCUT2D eigenvalue weighted by Crippen LogP contribution is -2.48. The second-order valence-corrected chi connectivity index (χ2v) is 7.53. The van der Waals surface area contributed by atoms with Gasteiger partial charge in [-0.1, -0.05) is 23.5 Å². The van der Waals surface area contributed by atoms with E-state index in [1.54, 1.807) is 30.3 Å². The second-order valence-electron chi connectivity index (χ2n) is 6.52. The van der Waals surface area contributed by atoms with Gasteiger partial charge in [-0.2, -0.15) is 0 Å². The monoisotopic (exact) mass is 383 g/mol. The van der Waals surface area contributed by atoms with Gasteiger partial charge in [-0.3, -0.25) is 9.59 Å². The molecule has 1 fully saturated rings. The number of hydrogen-bond acceptors (Lipinski definition) is 5. The summed E-state index contributed by atoms with van der Waals surface area (Å²) in [6, 6.07) is 11.4. The lowest BCUT2D eigenvalue weighted by molar-refractivity contribution is 0.0746. The van der Waals surface area contributed by atoms with E-state index in [1.165, 1.54) is 30.4 Å². The lowest BCUT2D eigenvalue weighted by Gasteiger charge is -2.34. The zero-order valence-corrected chi connectivity index (χ0v) is 15.6. The first-order chi connectivity index (χ1) is 13.0. The fourth-order valence-corrected chi connectivity index (χ4v) is 4.19. The average Bonchev–Trinajstić information content (AvgIpc) is 3.11. The van der Waals surface area contributed by atoms with Crippen LogP contribution in [0.3, 0.4) is 0 Å². The van der Waals surface area contributed by atoms with Crippen LogP contribution in [0.15, 0.2) is 42.5 Å². The van der Waals surface area contributed by atoms with Crippen LogP contribution >= 0.6 is 11.3 Å². The standard InChI is InChI=1S/C20H18FN3O2S/c1-13(25)14-2-4-15(5-3-14)19(26)23-8-10-24(11-9-23)20-22-17-7-6-16(21)12-18(17)27-20/h2-7,12H,8-11H2,1H3. The number of fused-ring (bicyclic) bond motifs is 1. The number of Topliss-reactive ketones (excluding diaryl/α,β-unsaturated/α-hetero) is 1. The van der Waals surface area contributed by atoms with Gasteiger partial charge in [0.2, 0.25) is 0 Å². The third kappa shape index (κ3) is 3.55. The molecule has 0 bridgehead atoms. The van der Waals surface area contributed by atoms with Gasteiger partial charge in [-0.15, -0.1) is 0 Å². The Morgan fingerprint density at radius 3 is 2.33 bits per heavy atom. The highest BCUT2D eigenvalue weighted by molar-refractivity contribution is 7.22. The van der Waals surface area contributed by atoms with Gasteiger partial charge in [0.1, 0.15) is 5.82 Å². The molecule has 1 aliphatic rings. The van der Waals surface area contributed by atoms with Gasteiger partial charge in [0.15, 0.2) is 10.9 Å². The van der Waals surface area contributed by atoms with Crippen LogP contribution in [0.5, 0.6) is 0 Å². The van der Waals surface area contributed by atoms with Crippen molar-refractivity contribution >= 4 is 38.4 Å². The van der Waals surface area contributed by atoms with E-state index in [4.69, 9.17) is 0 Å². The first-order valence-corrected chi connectivity index (χ1v) is 9.54. The Bertz CT molecular complexity index is 1010. The molecule has 4 rings (SSSR count). The van der Waals surface area contributed by atoms with Crippen molar-refractivity contribution in [3.63, 3.8) is 0 Å². The van der Waals surface area contributed by atoms with Crippen molar-refractivity contribution in [1.29, 1.82) is 0 Å². The van der Waals surface area contributed by atoms with Gasteiger partial charge >= 0.3 is 0 Å². The number of carbonyl (C=O) groups is 2. The molecule has 0 radical (unpaired) electrons. The van der Waals surface area contributed by atoms with Crippen molar-refractivity contribution in [3.05, 3.63) is 59.4 Å². The molecule has 7 heteroatoms. The van der Waals surface area contributed by atoms with Crippen LogP contribution < -0.4 is 4.90 Å². The summed E-state index contributed by atoms with van der Waals surface area (Å²) in [5.74, 6) is -0.307. The summed E-state index contributed by atoms with van der Waals surface area (Å²) in [4.78, 5) is 32.5. The van der Waals surface area contributed by atoms with Crippen molar-refractivity contribution in [2.45, 2.75) is 6.92 Å². The van der Waals surface area contributed by atoms with Crippen LogP contribution in [0.4, 0.5) is 9.52 Å². The molecule has 0 N–H and O–H groups in total. The predicted octanol–water partition coefficient (Wildman–Crippen LogP) is 3.60. The molecule has 1 aromatic heterocycles. The van der Waals surface area contributed by atoms with Crippen molar-refractivity contribution in [1.82, 2.24) is 9.88 Å². The quantitative estimate of drug-likeness (QED) is 0.649. The van der Waals surface area contributed by atoms with Crippen molar-refractivity contribution in [2.75, 3.05) is 31.1 Å². The number of rotatable bonds is 3. The van der Waals surface area contributed by atoms with Crippen LogP contribution in [-0.4, -0.2) is 47.8 Å². The molecular formula is C20H18FN3O2S. The zero-order chi connectivity index (χ0) is 19.0. The summed E-state index contributed by atoms with van der Waals surface area (Å²) in [5, 5.41) is 0.855. The number of hydrogen-bond donors (Lipinski definition) is 0. The fourth-order valence-electron chi connectivity index (χ4n) is 3.15. The van der Waals surface area contributed by atoms with E-state index in [1.807, 2.05) is 4.90 Å². The second kappa shape index (κ2) is 7.08. The van der Waals surface area contributed by atoms with Gasteiger partial charge < -0.3 is 9.80 Å². The molecule has 2 heterocycles. The SMILES string of the molecule is CC(=O)c1ccc(C(=O)N2CCN(c3nc4ccc(F)cc4s3)CC2)cc1. The number of amides is 1. The summed E-state index contributed by atoms with van der Waals surface area (Å²) in [6.45, 7) is 4.06. The molecule has 27 heavy (non-hydrogen) atoms. The molecule has 0 aliphatic carbocycles. The number of benzene rings is 2. The van der Waals surface area contributed by atoms with Gasteiger partial charge in [0.25, 0.3) is 5.91 Å². The Balaban J connectivity index is 1.43. The Morgan fingerprint density at radius 2 is 1.67 bits per heavy atom. The summed E-state index contributed by atoms with van der Waals surface area (Å²) in [7, 11) is 0. The molecule has 0 atom stereocenters. The third-order valence-electron chi connectivity index (χ3n) is 4.71. The van der Waals surface area contributed by atoms with E-state index in [0.29, 0.717) is 37.3 Å². The number of thiazole rings is 1. The number of halogens is 1. The summed E-state index contributed by atoms with van der Waals surface area (Å²) in [5.41, 5.74) is 1.98. The number of anilines is 1. The van der Waals surface area contributed by atoms with E-state index in [0.717, 1.165) is 15.3 Å². The number of aromatic nitrogens is 1. The lowest BCUT2D eigenvalue weighted by atomic mass is 10.1. The molecule has 0 unspecified atom stereocenters. The number of piperazine rings is 1. The maximum absolute atomic E-state index is 13.4. The Morgan fingerprint density at radius 1 is 1.00 bits per heavy atom. The van der Waals surface area contributed by atoms with Crippen LogP contribution in [-0.2, 0) is 0 Å². The maximum atomic E-state index is 13.4. The topological polar surface area (TPSA) is 53.5 Å². The highest BCUT2D eigenvalue weighted by Gasteiger charge is 2.24. The summed E-state index contributed by atoms with van der Waals surface area (Å²) in [6.07, 6.45) is 0. The molecule has 1 saturated heterocycles. The summed E-state index contributed by atoms with van der Waals surface area (Å²) >= 11 is 1.47. The minimum absolute atomic E-state index is 0.0154. The first-order valence-electron chi connectivity index (χ1n) is 8.72. The van der Waals surface area contributed by atoms with E-state index in [2.05, 4.69) is 9.88 Å². The van der Waals surface area contributed by atoms with Gasteiger partial charge in [-0.05, 0) is 37.3 Å². The third-order valence-corrected chi connectivity index (χ3v) is 5.79. The molecule has 1 aliphatic heterocycles. The zero-order valence-electron chi connectivity index (χ0n) is 14.8. The molecule has 2 aromatic carbocycles. The van der Waals surface area contributed by atoms with Gasteiger partial charge in [0, 0.05) is 37.3 Å². The van der Waals surface area contributed by atoms with E-state index in [-0.39, 0.29) is 17.5 Å². The maximum Gasteiger partial charge on any atom is 0.253 e. The molecule has 0 saturated carbocycles. The Labute approximate surface area is 160 Å². The van der Waals surface area contributed by atoms with E-state index in [9.17, 15) is 14.0 Å². The van der Waals surface area contributed by atoms with E-state index < -0.39 is 0 Å². The average molecular weight is 383 g/mol. The molecule has 3 aromatic rings. The van der Waals surface area contributed by atoms with Crippen LogP contribution in [0, 0.1) is 5.82 Å². The molecule has 0 spiro atoms. The predicted molar refractivity (Wildman–Crippen MR) is 104 cm³/mol. The Hall–Kier alpha value is -2.80.